The number of nitrogens with zero attached hydrogens (tertiary/aromatic N) is 5. The molecular weight excluding hydrogens is 234 g/mol. The summed E-state index contributed by atoms with van der Waals surface area (Å²) in [6, 6.07) is 1.86. The normalized spacial score (nSPS) is 19.4. The number of carbonyl (C=O) groups is 1. The molecule has 1 unspecified atom stereocenters. The van der Waals surface area contributed by atoms with Gasteiger partial charge in [-0.3, -0.25) is 4.79 Å². The maximum absolute atomic E-state index is 12.1. The molecule has 7 nitrogen and oxygen atoms in total. The molecule has 1 aliphatic rings. The van der Waals surface area contributed by atoms with Crippen LogP contribution in [0.3, 0.4) is 0 Å². The summed E-state index contributed by atoms with van der Waals surface area (Å²) in [7, 11) is 0. The van der Waals surface area contributed by atoms with Crippen molar-refractivity contribution in [2.45, 2.75) is 19.4 Å². The Kier molecular flexibility index (Phi) is 2.58. The van der Waals surface area contributed by atoms with Crippen LogP contribution in [0.2, 0.25) is 0 Å². The number of aromatic nitrogens is 4. The zero-order chi connectivity index (χ0) is 12.5. The molecule has 1 atom stereocenters. The third kappa shape index (κ3) is 1.87. The highest BCUT2D eigenvalue weighted by atomic mass is 16.5. The summed E-state index contributed by atoms with van der Waals surface area (Å²) < 4.78 is 6.71. The molecule has 0 spiro atoms. The number of amides is 1. The van der Waals surface area contributed by atoms with Crippen molar-refractivity contribution < 1.29 is 9.32 Å². The lowest BCUT2D eigenvalue weighted by molar-refractivity contribution is 0.0776. The van der Waals surface area contributed by atoms with E-state index in [1.807, 2.05) is 6.20 Å². The molecule has 1 saturated heterocycles. The van der Waals surface area contributed by atoms with E-state index in [9.17, 15) is 4.79 Å². The van der Waals surface area contributed by atoms with Crippen LogP contribution in [0.4, 0.5) is 0 Å². The van der Waals surface area contributed by atoms with Gasteiger partial charge in [0.05, 0.1) is 12.2 Å². The number of rotatable bonds is 2. The average molecular weight is 247 g/mol. The number of likely N-dealkylation sites (tertiary alicyclic amines) is 1. The van der Waals surface area contributed by atoms with Crippen LogP contribution in [-0.2, 0) is 0 Å². The second-order valence-electron chi connectivity index (χ2n) is 4.40. The molecule has 1 amide bonds. The lowest BCUT2D eigenvalue weighted by Gasteiger charge is -2.14. The molecule has 3 heterocycles. The zero-order valence-corrected chi connectivity index (χ0v) is 9.98. The van der Waals surface area contributed by atoms with Crippen LogP contribution in [0.25, 0.3) is 0 Å². The minimum atomic E-state index is -0.0885. The van der Waals surface area contributed by atoms with Gasteiger partial charge in [-0.2, -0.15) is 0 Å². The highest BCUT2D eigenvalue weighted by Gasteiger charge is 2.29. The Morgan fingerprint density at radius 3 is 3.11 bits per heavy atom. The Morgan fingerprint density at radius 2 is 2.44 bits per heavy atom. The van der Waals surface area contributed by atoms with Gasteiger partial charge in [-0.25, -0.2) is 4.68 Å². The predicted octanol–water partition coefficient (Wildman–Crippen LogP) is 0.662. The molecule has 0 aliphatic carbocycles. The van der Waals surface area contributed by atoms with E-state index in [0.29, 0.717) is 24.5 Å². The lowest BCUT2D eigenvalue weighted by Crippen LogP contribution is -2.29. The summed E-state index contributed by atoms with van der Waals surface area (Å²) in [5, 5.41) is 11.5. The third-order valence-corrected chi connectivity index (χ3v) is 3.11. The fourth-order valence-corrected chi connectivity index (χ4v) is 2.18. The number of hydrogen-bond donors (Lipinski definition) is 0. The van der Waals surface area contributed by atoms with Gasteiger partial charge in [-0.05, 0) is 13.3 Å². The molecule has 0 saturated carbocycles. The molecule has 0 N–H and O–H groups in total. The van der Waals surface area contributed by atoms with Crippen molar-refractivity contribution in [3.8, 4) is 0 Å². The molecule has 1 aliphatic heterocycles. The minimum absolute atomic E-state index is 0.0885. The Hall–Kier alpha value is -2.18. The predicted molar refractivity (Wildman–Crippen MR) is 60.8 cm³/mol. The lowest BCUT2D eigenvalue weighted by atomic mass is 10.3. The van der Waals surface area contributed by atoms with Crippen LogP contribution in [0.5, 0.6) is 0 Å². The molecule has 1 fully saturated rings. The van der Waals surface area contributed by atoms with Crippen LogP contribution in [0, 0.1) is 6.92 Å². The maximum Gasteiger partial charge on any atom is 0.276 e. The molecule has 18 heavy (non-hydrogen) atoms. The first-order valence-corrected chi connectivity index (χ1v) is 5.82. The molecule has 0 bridgehead atoms. The quantitative estimate of drug-likeness (QED) is 0.779. The highest BCUT2D eigenvalue weighted by Crippen LogP contribution is 2.21. The Balaban J connectivity index is 1.70. The van der Waals surface area contributed by atoms with Gasteiger partial charge < -0.3 is 9.42 Å². The molecule has 0 radical (unpaired) electrons. The third-order valence-electron chi connectivity index (χ3n) is 3.11. The van der Waals surface area contributed by atoms with E-state index in [1.165, 1.54) is 0 Å². The van der Waals surface area contributed by atoms with E-state index < -0.39 is 0 Å². The van der Waals surface area contributed by atoms with Gasteiger partial charge in [-0.15, -0.1) is 5.10 Å². The van der Waals surface area contributed by atoms with Gasteiger partial charge in [0.15, 0.2) is 5.69 Å². The molecule has 2 aromatic heterocycles. The van der Waals surface area contributed by atoms with Gasteiger partial charge in [-0.1, -0.05) is 10.4 Å². The first kappa shape index (κ1) is 10.9. The minimum Gasteiger partial charge on any atom is -0.361 e. The largest absolute Gasteiger partial charge is 0.361 e. The second kappa shape index (κ2) is 4.25. The summed E-state index contributed by atoms with van der Waals surface area (Å²) in [5.41, 5.74) is 0.367. The molecule has 94 valence electrons. The maximum atomic E-state index is 12.1. The van der Waals surface area contributed by atoms with E-state index in [0.717, 1.165) is 6.42 Å². The Labute approximate surface area is 103 Å². The van der Waals surface area contributed by atoms with Gasteiger partial charge >= 0.3 is 0 Å². The van der Waals surface area contributed by atoms with Gasteiger partial charge in [0.1, 0.15) is 5.76 Å². The fourth-order valence-electron chi connectivity index (χ4n) is 2.18. The summed E-state index contributed by atoms with van der Waals surface area (Å²) in [6.07, 6.45) is 4.34. The van der Waals surface area contributed by atoms with Crippen LogP contribution in [0.1, 0.15) is 28.7 Å². The standard InChI is InChI=1S/C11H13N5O2/c1-8-6-10(13-18-8)11(17)15-4-2-9(7-15)16-5-3-12-14-16/h3,5-6,9H,2,4,7H2,1H3. The van der Waals surface area contributed by atoms with Gasteiger partial charge in [0.2, 0.25) is 0 Å². The smallest absolute Gasteiger partial charge is 0.276 e. The average Bonchev–Trinajstić information content (AvgIpc) is 3.09. The van der Waals surface area contributed by atoms with E-state index in [4.69, 9.17) is 4.52 Å². The fraction of sp³-hybridized carbons (Fsp3) is 0.455. The second-order valence-corrected chi connectivity index (χ2v) is 4.40. The number of carbonyl (C=O) groups excluding carboxylic acids is 1. The van der Waals surface area contributed by atoms with E-state index >= 15 is 0 Å². The number of aryl methyl sites for hydroxylation is 1. The van der Waals surface area contributed by atoms with E-state index in [2.05, 4.69) is 15.5 Å². The van der Waals surface area contributed by atoms with Crippen molar-refractivity contribution in [2.75, 3.05) is 13.1 Å². The zero-order valence-electron chi connectivity index (χ0n) is 9.98. The van der Waals surface area contributed by atoms with E-state index in [-0.39, 0.29) is 11.9 Å². The van der Waals surface area contributed by atoms with Crippen molar-refractivity contribution in [2.24, 2.45) is 0 Å². The summed E-state index contributed by atoms with van der Waals surface area (Å²) in [5.74, 6) is 0.555. The highest BCUT2D eigenvalue weighted by molar-refractivity contribution is 5.92. The molecular formula is C11H13N5O2. The van der Waals surface area contributed by atoms with Crippen molar-refractivity contribution in [3.05, 3.63) is 29.9 Å². The summed E-state index contributed by atoms with van der Waals surface area (Å²) in [6.45, 7) is 3.11. The van der Waals surface area contributed by atoms with E-state index in [1.54, 1.807) is 28.8 Å². The summed E-state index contributed by atoms with van der Waals surface area (Å²) in [4.78, 5) is 13.9. The first-order valence-electron chi connectivity index (χ1n) is 5.82. The van der Waals surface area contributed by atoms with Crippen molar-refractivity contribution in [3.63, 3.8) is 0 Å². The first-order chi connectivity index (χ1) is 8.74. The molecule has 7 heteroatoms. The number of hydrogen-bond acceptors (Lipinski definition) is 5. The van der Waals surface area contributed by atoms with Crippen LogP contribution in [-0.4, -0.2) is 44.0 Å². The van der Waals surface area contributed by atoms with Gasteiger partial charge in [0, 0.05) is 25.4 Å². The molecule has 0 aromatic carbocycles. The topological polar surface area (TPSA) is 77.1 Å². The van der Waals surface area contributed by atoms with Crippen LogP contribution in [0.15, 0.2) is 23.0 Å². The van der Waals surface area contributed by atoms with Crippen molar-refractivity contribution in [1.29, 1.82) is 0 Å². The Bertz CT molecular complexity index is 548. The Morgan fingerprint density at radius 1 is 1.56 bits per heavy atom. The molecule has 3 rings (SSSR count). The van der Waals surface area contributed by atoms with Crippen molar-refractivity contribution in [1.82, 2.24) is 25.1 Å². The SMILES string of the molecule is Cc1cc(C(=O)N2CCC(n3ccnn3)C2)no1. The van der Waals surface area contributed by atoms with Crippen LogP contribution >= 0.6 is 0 Å². The monoisotopic (exact) mass is 247 g/mol. The van der Waals surface area contributed by atoms with Crippen LogP contribution < -0.4 is 0 Å². The van der Waals surface area contributed by atoms with Crippen molar-refractivity contribution >= 4 is 5.91 Å². The van der Waals surface area contributed by atoms with Gasteiger partial charge in [0.25, 0.3) is 5.91 Å². The molecule has 2 aromatic rings. The summed E-state index contributed by atoms with van der Waals surface area (Å²) >= 11 is 0.